The molecule has 0 nitrogen and oxygen atoms in total. The minimum absolute atomic E-state index is 0.689. The van der Waals surface area contributed by atoms with Gasteiger partial charge in [0, 0.05) is 4.83 Å². The number of hydrogen-bond acceptors (Lipinski definition) is 1. The molecule has 0 N–H and O–H groups in total. The number of alkyl halides is 1. The van der Waals surface area contributed by atoms with Crippen molar-refractivity contribution in [3.05, 3.63) is 22.4 Å². The number of rotatable bonds is 3. The largest absolute Gasteiger partial charge is 0.152 e. The molecule has 0 radical (unpaired) electrons. The molecule has 1 aliphatic rings. The van der Waals surface area contributed by atoms with E-state index in [1.807, 2.05) is 0 Å². The van der Waals surface area contributed by atoms with E-state index in [0.29, 0.717) is 4.83 Å². The van der Waals surface area contributed by atoms with Crippen molar-refractivity contribution in [3.63, 3.8) is 0 Å². The van der Waals surface area contributed by atoms with Gasteiger partial charge in [0.15, 0.2) is 0 Å². The Morgan fingerprint density at radius 3 is 3.00 bits per heavy atom. The Hall–Kier alpha value is 0.180. The molecule has 1 aromatic rings. The molecule has 0 bridgehead atoms. The summed E-state index contributed by atoms with van der Waals surface area (Å²) < 4.78 is 0. The lowest BCUT2D eigenvalue weighted by Crippen LogP contribution is -2.18. The second kappa shape index (κ2) is 4.80. The van der Waals surface area contributed by atoms with Crippen molar-refractivity contribution >= 4 is 27.3 Å². The highest BCUT2D eigenvalue weighted by molar-refractivity contribution is 9.09. The van der Waals surface area contributed by atoms with Gasteiger partial charge in [-0.3, -0.25) is 0 Å². The van der Waals surface area contributed by atoms with E-state index in [1.165, 1.54) is 31.2 Å². The Bertz CT molecular complexity index is 268. The first-order valence-electron chi connectivity index (χ1n) is 5.42. The summed E-state index contributed by atoms with van der Waals surface area (Å²) in [6, 6.07) is 2.25. The minimum atomic E-state index is 0.689. The van der Waals surface area contributed by atoms with Crippen molar-refractivity contribution < 1.29 is 0 Å². The van der Waals surface area contributed by atoms with Gasteiger partial charge in [0.2, 0.25) is 0 Å². The lowest BCUT2D eigenvalue weighted by Gasteiger charge is -2.21. The first-order chi connectivity index (χ1) is 6.77. The molecule has 0 amide bonds. The van der Waals surface area contributed by atoms with Crippen LogP contribution in [0.5, 0.6) is 0 Å². The van der Waals surface area contributed by atoms with Crippen molar-refractivity contribution in [1.29, 1.82) is 0 Å². The molecule has 1 fully saturated rings. The lowest BCUT2D eigenvalue weighted by atomic mass is 9.92. The number of hydrogen-bond donors (Lipinski definition) is 0. The Kier molecular flexibility index (Phi) is 3.67. The topological polar surface area (TPSA) is 0 Å². The molecule has 1 aliphatic carbocycles. The van der Waals surface area contributed by atoms with Crippen LogP contribution in [0.4, 0.5) is 0 Å². The second-order valence-electron chi connectivity index (χ2n) is 4.42. The molecule has 78 valence electrons. The summed E-state index contributed by atoms with van der Waals surface area (Å²) in [6.07, 6.45) is 5.48. The number of halogens is 1. The fraction of sp³-hybridized carbons (Fsp3) is 0.667. The Morgan fingerprint density at radius 1 is 1.57 bits per heavy atom. The third-order valence-electron chi connectivity index (χ3n) is 3.40. The predicted octanol–water partition coefficient (Wildman–Crippen LogP) is 4.49. The lowest BCUT2D eigenvalue weighted by molar-refractivity contribution is 0.407. The van der Waals surface area contributed by atoms with Crippen LogP contribution in [-0.4, -0.2) is 4.83 Å². The molecule has 1 saturated carbocycles. The molecule has 0 aromatic carbocycles. The summed E-state index contributed by atoms with van der Waals surface area (Å²) in [5.74, 6) is 1.81. The molecule has 1 aromatic heterocycles. The van der Waals surface area contributed by atoms with E-state index in [4.69, 9.17) is 0 Å². The van der Waals surface area contributed by atoms with E-state index < -0.39 is 0 Å². The highest BCUT2D eigenvalue weighted by atomic mass is 79.9. The Labute approximate surface area is 98.9 Å². The van der Waals surface area contributed by atoms with Gasteiger partial charge in [0.05, 0.1) is 0 Å². The predicted molar refractivity (Wildman–Crippen MR) is 67.2 cm³/mol. The number of thiophene rings is 1. The summed E-state index contributed by atoms with van der Waals surface area (Å²) in [6.45, 7) is 2.40. The fourth-order valence-electron chi connectivity index (χ4n) is 2.50. The molecular formula is C12H17BrS. The maximum Gasteiger partial charge on any atom is 0.0217 e. The van der Waals surface area contributed by atoms with Crippen LogP contribution in [0, 0.1) is 11.8 Å². The maximum absolute atomic E-state index is 3.87. The molecule has 0 spiro atoms. The van der Waals surface area contributed by atoms with Crippen molar-refractivity contribution in [3.8, 4) is 0 Å². The van der Waals surface area contributed by atoms with Crippen LogP contribution < -0.4 is 0 Å². The highest BCUT2D eigenvalue weighted by Gasteiger charge is 2.29. The van der Waals surface area contributed by atoms with Crippen LogP contribution in [-0.2, 0) is 6.42 Å². The average Bonchev–Trinajstić information content (AvgIpc) is 2.75. The van der Waals surface area contributed by atoms with Gasteiger partial charge >= 0.3 is 0 Å². The van der Waals surface area contributed by atoms with E-state index in [-0.39, 0.29) is 0 Å². The first kappa shape index (κ1) is 10.7. The quantitative estimate of drug-likeness (QED) is 0.712. The average molecular weight is 273 g/mol. The van der Waals surface area contributed by atoms with Gasteiger partial charge in [-0.2, -0.15) is 11.3 Å². The van der Waals surface area contributed by atoms with Gasteiger partial charge in [0.25, 0.3) is 0 Å². The Balaban J connectivity index is 1.92. The highest BCUT2D eigenvalue weighted by Crippen LogP contribution is 2.37. The van der Waals surface area contributed by atoms with E-state index >= 15 is 0 Å². The molecule has 0 aliphatic heterocycles. The zero-order chi connectivity index (χ0) is 9.97. The van der Waals surface area contributed by atoms with Crippen molar-refractivity contribution in [1.82, 2.24) is 0 Å². The van der Waals surface area contributed by atoms with E-state index in [1.54, 1.807) is 11.3 Å². The Morgan fingerprint density at radius 2 is 2.43 bits per heavy atom. The molecule has 3 atom stereocenters. The van der Waals surface area contributed by atoms with E-state index in [2.05, 4.69) is 39.7 Å². The molecule has 2 heteroatoms. The summed E-state index contributed by atoms with van der Waals surface area (Å²) in [4.78, 5) is 0.689. The minimum Gasteiger partial charge on any atom is -0.152 e. The van der Waals surface area contributed by atoms with E-state index in [0.717, 1.165) is 11.8 Å². The van der Waals surface area contributed by atoms with Gasteiger partial charge in [-0.1, -0.05) is 35.7 Å². The van der Waals surface area contributed by atoms with Crippen LogP contribution in [0.3, 0.4) is 0 Å². The molecule has 3 unspecified atom stereocenters. The first-order valence-corrected chi connectivity index (χ1v) is 7.28. The van der Waals surface area contributed by atoms with Gasteiger partial charge in [-0.05, 0) is 47.1 Å². The molecule has 2 rings (SSSR count). The van der Waals surface area contributed by atoms with Gasteiger partial charge in [0.1, 0.15) is 0 Å². The van der Waals surface area contributed by atoms with Crippen molar-refractivity contribution in [2.75, 3.05) is 0 Å². The van der Waals surface area contributed by atoms with Crippen LogP contribution in [0.25, 0.3) is 0 Å². The third kappa shape index (κ3) is 2.40. The van der Waals surface area contributed by atoms with Crippen molar-refractivity contribution in [2.45, 2.75) is 37.4 Å². The third-order valence-corrected chi connectivity index (χ3v) is 5.14. The van der Waals surface area contributed by atoms with Gasteiger partial charge in [-0.25, -0.2) is 0 Å². The summed E-state index contributed by atoms with van der Waals surface area (Å²) in [7, 11) is 0. The standard InChI is InChI=1S/C12H17BrS/c1-9-3-2-4-11(9)12(13)7-10-5-6-14-8-10/h5-6,8-9,11-12H,2-4,7H2,1H3. The molecular weight excluding hydrogens is 256 g/mol. The van der Waals surface area contributed by atoms with E-state index in [9.17, 15) is 0 Å². The zero-order valence-corrected chi connectivity index (χ0v) is 11.0. The summed E-state index contributed by atoms with van der Waals surface area (Å²) >= 11 is 5.68. The van der Waals surface area contributed by atoms with Crippen LogP contribution in [0.1, 0.15) is 31.7 Å². The molecule has 14 heavy (non-hydrogen) atoms. The van der Waals surface area contributed by atoms with Gasteiger partial charge < -0.3 is 0 Å². The summed E-state index contributed by atoms with van der Waals surface area (Å²) in [5, 5.41) is 4.45. The summed E-state index contributed by atoms with van der Waals surface area (Å²) in [5.41, 5.74) is 1.50. The normalized spacial score (nSPS) is 29.3. The maximum atomic E-state index is 3.87. The van der Waals surface area contributed by atoms with Crippen LogP contribution >= 0.6 is 27.3 Å². The molecule has 1 heterocycles. The van der Waals surface area contributed by atoms with Gasteiger partial charge in [-0.15, -0.1) is 0 Å². The second-order valence-corrected chi connectivity index (χ2v) is 6.38. The smallest absolute Gasteiger partial charge is 0.0217 e. The molecule has 0 saturated heterocycles. The monoisotopic (exact) mass is 272 g/mol. The van der Waals surface area contributed by atoms with Crippen LogP contribution in [0.15, 0.2) is 16.8 Å². The zero-order valence-electron chi connectivity index (χ0n) is 8.58. The fourth-order valence-corrected chi connectivity index (χ4v) is 4.34. The van der Waals surface area contributed by atoms with Crippen LogP contribution in [0.2, 0.25) is 0 Å². The van der Waals surface area contributed by atoms with Crippen molar-refractivity contribution in [2.24, 2.45) is 11.8 Å². The SMILES string of the molecule is CC1CCCC1C(Br)Cc1ccsc1.